The summed E-state index contributed by atoms with van der Waals surface area (Å²) in [5.41, 5.74) is 2.37. The summed E-state index contributed by atoms with van der Waals surface area (Å²) >= 11 is 1.76. The Balaban J connectivity index is 2.24. The molecule has 0 aromatic rings. The number of hydrogen-bond acceptors (Lipinski definition) is 4. The molecule has 2 rings (SSSR count). The summed E-state index contributed by atoms with van der Waals surface area (Å²) in [5.74, 6) is 0. The number of aliphatic hydroxyl groups is 1. The highest BCUT2D eigenvalue weighted by atomic mass is 32.2. The van der Waals surface area contributed by atoms with Crippen LogP contribution in [0.4, 0.5) is 0 Å². The van der Waals surface area contributed by atoms with Crippen LogP contribution in [0.15, 0.2) is 16.8 Å². The lowest BCUT2D eigenvalue weighted by molar-refractivity contribution is 0.307. The summed E-state index contributed by atoms with van der Waals surface area (Å²) in [7, 11) is 1.97. The van der Waals surface area contributed by atoms with E-state index in [4.69, 9.17) is 5.11 Å². The molecule has 0 fully saturated rings. The number of likely N-dealkylation sites (N-methyl/N-ethyl adjacent to an activating group) is 1. The third-order valence-electron chi connectivity index (χ3n) is 2.18. The van der Waals surface area contributed by atoms with Gasteiger partial charge in [-0.15, -0.1) is 11.8 Å². The average molecular weight is 184 g/mol. The van der Waals surface area contributed by atoms with Crippen LogP contribution in [0.2, 0.25) is 0 Å². The molecule has 1 N–H and O–H groups in total. The predicted molar refractivity (Wildman–Crippen MR) is 51.2 cm³/mol. The summed E-state index contributed by atoms with van der Waals surface area (Å²) in [5, 5.41) is 15.9. The summed E-state index contributed by atoms with van der Waals surface area (Å²) < 4.78 is 0. The molecule has 0 saturated carbocycles. The van der Waals surface area contributed by atoms with Gasteiger partial charge in [-0.3, -0.25) is 5.01 Å². The number of nitrogens with zero attached hydrogens (tertiary/aromatic N) is 2. The molecule has 2 heterocycles. The largest absolute Gasteiger partial charge is 0.395 e. The van der Waals surface area contributed by atoms with Crippen LogP contribution in [0.25, 0.3) is 0 Å². The van der Waals surface area contributed by atoms with Crippen molar-refractivity contribution in [1.29, 1.82) is 0 Å². The second-order valence-electron chi connectivity index (χ2n) is 3.09. The van der Waals surface area contributed by atoms with Crippen molar-refractivity contribution in [3.8, 4) is 0 Å². The van der Waals surface area contributed by atoms with Gasteiger partial charge in [0.05, 0.1) is 12.3 Å². The van der Waals surface area contributed by atoms with Crippen molar-refractivity contribution in [3.63, 3.8) is 0 Å². The standard InChI is InChI=1S/C8H12N2OS/c1-5-7-3-6(4-11)12-8(7)10(2)9-5/h3,6,8,11H,4H2,1-2H3. The molecular formula is C8H12N2OS. The zero-order valence-electron chi connectivity index (χ0n) is 7.19. The van der Waals surface area contributed by atoms with E-state index in [0.29, 0.717) is 5.37 Å². The van der Waals surface area contributed by atoms with Gasteiger partial charge >= 0.3 is 0 Å². The van der Waals surface area contributed by atoms with E-state index in [2.05, 4.69) is 11.2 Å². The van der Waals surface area contributed by atoms with Gasteiger partial charge in [-0.2, -0.15) is 5.10 Å². The van der Waals surface area contributed by atoms with Gasteiger partial charge in [0.15, 0.2) is 0 Å². The smallest absolute Gasteiger partial charge is 0.119 e. The van der Waals surface area contributed by atoms with Gasteiger partial charge in [0.1, 0.15) is 5.37 Å². The highest BCUT2D eigenvalue weighted by Crippen LogP contribution is 2.38. The predicted octanol–water partition coefficient (Wildman–Crippen LogP) is 0.668. The van der Waals surface area contributed by atoms with Gasteiger partial charge < -0.3 is 5.11 Å². The molecule has 0 bridgehead atoms. The quantitative estimate of drug-likeness (QED) is 0.650. The summed E-state index contributed by atoms with van der Waals surface area (Å²) in [6, 6.07) is 0. The van der Waals surface area contributed by atoms with Crippen molar-refractivity contribution in [2.45, 2.75) is 17.5 Å². The molecule has 0 spiro atoms. The number of fused-ring (bicyclic) bond motifs is 1. The van der Waals surface area contributed by atoms with E-state index in [9.17, 15) is 0 Å². The van der Waals surface area contributed by atoms with E-state index in [1.807, 2.05) is 19.0 Å². The van der Waals surface area contributed by atoms with Crippen LogP contribution in [0.3, 0.4) is 0 Å². The fourth-order valence-corrected chi connectivity index (χ4v) is 2.85. The van der Waals surface area contributed by atoms with E-state index in [1.165, 1.54) is 5.57 Å². The molecule has 2 aliphatic rings. The van der Waals surface area contributed by atoms with Crippen molar-refractivity contribution in [3.05, 3.63) is 11.6 Å². The SMILES string of the molecule is CC1=NN(C)C2SC(CO)C=C12. The first-order chi connectivity index (χ1) is 5.72. The molecule has 4 heteroatoms. The molecule has 2 unspecified atom stereocenters. The Kier molecular flexibility index (Phi) is 1.88. The van der Waals surface area contributed by atoms with Crippen molar-refractivity contribution >= 4 is 17.5 Å². The van der Waals surface area contributed by atoms with Gasteiger partial charge in [0.2, 0.25) is 0 Å². The molecule has 0 saturated heterocycles. The van der Waals surface area contributed by atoms with E-state index < -0.39 is 0 Å². The van der Waals surface area contributed by atoms with Crippen molar-refractivity contribution in [2.75, 3.05) is 13.7 Å². The molecule has 0 aromatic heterocycles. The fraction of sp³-hybridized carbons (Fsp3) is 0.625. The van der Waals surface area contributed by atoms with Gasteiger partial charge in [-0.25, -0.2) is 0 Å². The molecule has 0 aromatic carbocycles. The first-order valence-corrected chi connectivity index (χ1v) is 4.93. The number of aliphatic hydroxyl groups excluding tert-OH is 1. The Bertz CT molecular complexity index is 262. The normalized spacial score (nSPS) is 33.4. The highest BCUT2D eigenvalue weighted by molar-refractivity contribution is 8.01. The maximum absolute atomic E-state index is 8.97. The number of hydrazone groups is 1. The third-order valence-corrected chi connectivity index (χ3v) is 3.63. The molecule has 0 aliphatic carbocycles. The van der Waals surface area contributed by atoms with Gasteiger partial charge in [-0.05, 0) is 6.92 Å². The van der Waals surface area contributed by atoms with Crippen LogP contribution in [0.1, 0.15) is 6.92 Å². The Morgan fingerprint density at radius 2 is 2.50 bits per heavy atom. The lowest BCUT2D eigenvalue weighted by atomic mass is 10.1. The van der Waals surface area contributed by atoms with Crippen molar-refractivity contribution in [2.24, 2.45) is 5.10 Å². The summed E-state index contributed by atoms with van der Waals surface area (Å²) in [6.07, 6.45) is 2.12. The monoisotopic (exact) mass is 184 g/mol. The van der Waals surface area contributed by atoms with Crippen LogP contribution < -0.4 is 0 Å². The minimum Gasteiger partial charge on any atom is -0.395 e. The fourth-order valence-electron chi connectivity index (χ4n) is 1.59. The Morgan fingerprint density at radius 1 is 1.75 bits per heavy atom. The van der Waals surface area contributed by atoms with Crippen LogP contribution >= 0.6 is 11.8 Å². The van der Waals surface area contributed by atoms with Crippen LogP contribution in [0.5, 0.6) is 0 Å². The Hall–Kier alpha value is -0.480. The summed E-state index contributed by atoms with van der Waals surface area (Å²) in [4.78, 5) is 0. The average Bonchev–Trinajstić information content (AvgIpc) is 2.55. The molecule has 2 atom stereocenters. The zero-order chi connectivity index (χ0) is 8.72. The first kappa shape index (κ1) is 8.13. The number of rotatable bonds is 1. The van der Waals surface area contributed by atoms with Crippen LogP contribution in [-0.2, 0) is 0 Å². The zero-order valence-corrected chi connectivity index (χ0v) is 8.01. The molecule has 0 amide bonds. The molecular weight excluding hydrogens is 172 g/mol. The maximum atomic E-state index is 8.97. The van der Waals surface area contributed by atoms with E-state index >= 15 is 0 Å². The van der Waals surface area contributed by atoms with E-state index in [-0.39, 0.29) is 11.9 Å². The number of hydrogen-bond donors (Lipinski definition) is 1. The van der Waals surface area contributed by atoms with Crippen LogP contribution in [0, 0.1) is 0 Å². The Labute approximate surface area is 76.1 Å². The molecule has 12 heavy (non-hydrogen) atoms. The molecule has 3 nitrogen and oxygen atoms in total. The molecule has 66 valence electrons. The highest BCUT2D eigenvalue weighted by Gasteiger charge is 2.34. The lowest BCUT2D eigenvalue weighted by Crippen LogP contribution is -2.19. The van der Waals surface area contributed by atoms with Gasteiger partial charge in [0.25, 0.3) is 0 Å². The van der Waals surface area contributed by atoms with Gasteiger partial charge in [0, 0.05) is 17.9 Å². The minimum absolute atomic E-state index is 0.228. The number of thioether (sulfide) groups is 1. The minimum atomic E-state index is 0.228. The topological polar surface area (TPSA) is 35.8 Å². The summed E-state index contributed by atoms with van der Waals surface area (Å²) in [6.45, 7) is 2.24. The maximum Gasteiger partial charge on any atom is 0.119 e. The van der Waals surface area contributed by atoms with Crippen molar-refractivity contribution in [1.82, 2.24) is 5.01 Å². The Morgan fingerprint density at radius 3 is 3.08 bits per heavy atom. The molecule has 2 aliphatic heterocycles. The lowest BCUT2D eigenvalue weighted by Gasteiger charge is -2.16. The van der Waals surface area contributed by atoms with E-state index in [1.54, 1.807) is 11.8 Å². The first-order valence-electron chi connectivity index (χ1n) is 3.99. The second kappa shape index (κ2) is 2.78. The second-order valence-corrected chi connectivity index (χ2v) is 4.41. The van der Waals surface area contributed by atoms with E-state index in [0.717, 1.165) is 5.71 Å². The van der Waals surface area contributed by atoms with Crippen LogP contribution in [-0.4, -0.2) is 40.1 Å². The van der Waals surface area contributed by atoms with Crippen molar-refractivity contribution < 1.29 is 5.11 Å². The molecule has 0 radical (unpaired) electrons. The van der Waals surface area contributed by atoms with Gasteiger partial charge in [-0.1, -0.05) is 6.08 Å². The third kappa shape index (κ3) is 1.06.